The highest BCUT2D eigenvalue weighted by Crippen LogP contribution is 2.36. The van der Waals surface area contributed by atoms with Crippen molar-refractivity contribution in [3.05, 3.63) is 59.7 Å². The van der Waals surface area contributed by atoms with Crippen LogP contribution in [0.15, 0.2) is 48.5 Å². The third-order valence-corrected chi connectivity index (χ3v) is 6.88. The number of carbonyl (C=O) groups excluding carboxylic acids is 1. The Morgan fingerprint density at radius 3 is 2.00 bits per heavy atom. The van der Waals surface area contributed by atoms with E-state index in [1.165, 1.54) is 86.5 Å². The number of carbonyl (C=O) groups is 1. The smallest absolute Gasteiger partial charge is 0.140 e. The molecule has 2 aromatic rings. The van der Waals surface area contributed by atoms with E-state index in [9.17, 15) is 4.79 Å². The van der Waals surface area contributed by atoms with E-state index in [4.69, 9.17) is 0 Å². The van der Waals surface area contributed by atoms with Crippen LogP contribution < -0.4 is 0 Å². The Balaban J connectivity index is 1.53. The van der Waals surface area contributed by atoms with Crippen molar-refractivity contribution >= 4 is 5.78 Å². The summed E-state index contributed by atoms with van der Waals surface area (Å²) in [5.41, 5.74) is 5.17. The number of benzene rings is 2. The Hall–Kier alpha value is -1.89. The minimum absolute atomic E-state index is 0.118. The van der Waals surface area contributed by atoms with E-state index in [2.05, 4.69) is 62.4 Å². The first kappa shape index (κ1) is 22.8. The molecule has 1 heteroatoms. The summed E-state index contributed by atoms with van der Waals surface area (Å²) in [6, 6.07) is 17.8. The summed E-state index contributed by atoms with van der Waals surface area (Å²) in [5.74, 6) is 1.20. The third-order valence-electron chi connectivity index (χ3n) is 6.88. The lowest BCUT2D eigenvalue weighted by atomic mass is 9.76. The van der Waals surface area contributed by atoms with Crippen molar-refractivity contribution in [2.24, 2.45) is 5.92 Å². The second kappa shape index (κ2) is 12.1. The Kier molecular flexibility index (Phi) is 9.18. The lowest BCUT2D eigenvalue weighted by molar-refractivity contribution is -0.123. The van der Waals surface area contributed by atoms with E-state index in [0.29, 0.717) is 11.7 Å². The number of hydrogen-bond donors (Lipinski definition) is 0. The van der Waals surface area contributed by atoms with Crippen LogP contribution in [0.1, 0.15) is 102 Å². The van der Waals surface area contributed by atoms with Crippen molar-refractivity contribution < 1.29 is 4.79 Å². The van der Waals surface area contributed by atoms with Gasteiger partial charge in [-0.1, -0.05) is 107 Å². The summed E-state index contributed by atoms with van der Waals surface area (Å²) in [7, 11) is 0. The number of ketones is 1. The summed E-state index contributed by atoms with van der Waals surface area (Å²) in [6.45, 7) is 4.50. The van der Waals surface area contributed by atoms with Gasteiger partial charge in [-0.05, 0) is 53.9 Å². The second-order valence-electron chi connectivity index (χ2n) is 9.29. The van der Waals surface area contributed by atoms with Crippen LogP contribution in [0.4, 0.5) is 0 Å². The maximum atomic E-state index is 12.7. The molecule has 3 rings (SSSR count). The molecular formula is C29H40O. The Bertz CT molecular complexity index is 756. The van der Waals surface area contributed by atoms with Gasteiger partial charge in [0.2, 0.25) is 0 Å². The molecule has 1 aliphatic carbocycles. The molecule has 0 N–H and O–H groups in total. The van der Waals surface area contributed by atoms with Crippen molar-refractivity contribution in [1.82, 2.24) is 0 Å². The Morgan fingerprint density at radius 2 is 1.37 bits per heavy atom. The monoisotopic (exact) mass is 404 g/mol. The lowest BCUT2D eigenvalue weighted by Gasteiger charge is -2.27. The molecule has 1 fully saturated rings. The first-order valence-corrected chi connectivity index (χ1v) is 12.4. The topological polar surface area (TPSA) is 17.1 Å². The molecule has 2 atom stereocenters. The van der Waals surface area contributed by atoms with Crippen LogP contribution >= 0.6 is 0 Å². The van der Waals surface area contributed by atoms with Crippen LogP contribution in [0, 0.1) is 5.92 Å². The molecule has 0 heterocycles. The van der Waals surface area contributed by atoms with Crippen LogP contribution in [-0.2, 0) is 11.2 Å². The molecule has 0 unspecified atom stereocenters. The average molecular weight is 405 g/mol. The highest BCUT2D eigenvalue weighted by molar-refractivity contribution is 5.86. The number of Topliss-reactive ketones (excluding diaryl/α,β-unsaturated/α-hetero) is 1. The van der Waals surface area contributed by atoms with E-state index in [0.717, 1.165) is 12.8 Å². The molecule has 0 radical (unpaired) electrons. The summed E-state index contributed by atoms with van der Waals surface area (Å²) < 4.78 is 0. The van der Waals surface area contributed by atoms with Crippen molar-refractivity contribution in [2.75, 3.05) is 0 Å². The van der Waals surface area contributed by atoms with Crippen molar-refractivity contribution in [3.8, 4) is 11.1 Å². The zero-order valence-electron chi connectivity index (χ0n) is 19.2. The van der Waals surface area contributed by atoms with Gasteiger partial charge in [0.15, 0.2) is 0 Å². The van der Waals surface area contributed by atoms with E-state index >= 15 is 0 Å². The van der Waals surface area contributed by atoms with Gasteiger partial charge in [-0.2, -0.15) is 0 Å². The summed E-state index contributed by atoms with van der Waals surface area (Å²) in [5, 5.41) is 0. The highest BCUT2D eigenvalue weighted by atomic mass is 16.1. The van der Waals surface area contributed by atoms with Crippen molar-refractivity contribution in [1.29, 1.82) is 0 Å². The van der Waals surface area contributed by atoms with Crippen molar-refractivity contribution in [3.63, 3.8) is 0 Å². The number of rotatable bonds is 11. The standard InChI is InChI=1S/C29H40O/c1-3-5-7-8-9-11-23-12-15-25(16-13-23)26-17-19-27(20-18-26)28-21-14-24(10-6-4-2)22-29(28)30/h12-13,15-20,24,28H,3-11,14,21-22H2,1-2H3/t24-,28+/m1/s1. The van der Waals surface area contributed by atoms with Gasteiger partial charge in [-0.3, -0.25) is 4.79 Å². The molecule has 30 heavy (non-hydrogen) atoms. The minimum Gasteiger partial charge on any atom is -0.299 e. The van der Waals surface area contributed by atoms with Crippen LogP contribution in [0.2, 0.25) is 0 Å². The van der Waals surface area contributed by atoms with E-state index in [1.54, 1.807) is 0 Å². The zero-order chi connectivity index (χ0) is 21.2. The van der Waals surface area contributed by atoms with Gasteiger partial charge in [0, 0.05) is 12.3 Å². The maximum Gasteiger partial charge on any atom is 0.140 e. The lowest BCUT2D eigenvalue weighted by Crippen LogP contribution is -2.23. The average Bonchev–Trinajstić information content (AvgIpc) is 2.78. The molecule has 0 bridgehead atoms. The molecule has 0 saturated heterocycles. The fraction of sp³-hybridized carbons (Fsp3) is 0.552. The quantitative estimate of drug-likeness (QED) is 0.343. The molecule has 0 spiro atoms. The Morgan fingerprint density at radius 1 is 0.733 bits per heavy atom. The number of unbranched alkanes of at least 4 members (excludes halogenated alkanes) is 5. The van der Waals surface area contributed by atoms with E-state index in [1.807, 2.05) is 0 Å². The summed E-state index contributed by atoms with van der Waals surface area (Å²) in [6.07, 6.45) is 14.6. The van der Waals surface area contributed by atoms with Crippen LogP contribution in [0.25, 0.3) is 11.1 Å². The summed E-state index contributed by atoms with van der Waals surface area (Å²) >= 11 is 0. The van der Waals surface area contributed by atoms with Crippen LogP contribution in [0.3, 0.4) is 0 Å². The normalized spacial score (nSPS) is 19.2. The predicted molar refractivity (Wildman–Crippen MR) is 129 cm³/mol. The molecule has 1 saturated carbocycles. The van der Waals surface area contributed by atoms with E-state index < -0.39 is 0 Å². The zero-order valence-corrected chi connectivity index (χ0v) is 19.2. The van der Waals surface area contributed by atoms with Gasteiger partial charge in [0.1, 0.15) is 5.78 Å². The molecule has 2 aromatic carbocycles. The number of aryl methyl sites for hydroxylation is 1. The first-order valence-electron chi connectivity index (χ1n) is 12.4. The highest BCUT2D eigenvalue weighted by Gasteiger charge is 2.29. The SMILES string of the molecule is CCCCCCCc1ccc(-c2ccc([C@@H]3CC[C@@H](CCCC)CC3=O)cc2)cc1. The van der Waals surface area contributed by atoms with Gasteiger partial charge in [0.25, 0.3) is 0 Å². The first-order chi connectivity index (χ1) is 14.7. The molecule has 1 aliphatic rings. The Labute approximate surface area is 184 Å². The maximum absolute atomic E-state index is 12.7. The van der Waals surface area contributed by atoms with Gasteiger partial charge in [-0.25, -0.2) is 0 Å². The predicted octanol–water partition coefficient (Wildman–Crippen LogP) is 8.51. The fourth-order valence-corrected chi connectivity index (χ4v) is 4.89. The van der Waals surface area contributed by atoms with Gasteiger partial charge in [0.05, 0.1) is 0 Å². The number of hydrogen-bond acceptors (Lipinski definition) is 1. The largest absolute Gasteiger partial charge is 0.299 e. The molecular weight excluding hydrogens is 364 g/mol. The molecule has 0 aliphatic heterocycles. The molecule has 1 nitrogen and oxygen atoms in total. The molecule has 162 valence electrons. The second-order valence-corrected chi connectivity index (χ2v) is 9.29. The van der Waals surface area contributed by atoms with Crippen LogP contribution in [0.5, 0.6) is 0 Å². The van der Waals surface area contributed by atoms with Gasteiger partial charge >= 0.3 is 0 Å². The minimum atomic E-state index is 0.118. The fourth-order valence-electron chi connectivity index (χ4n) is 4.89. The van der Waals surface area contributed by atoms with E-state index in [-0.39, 0.29) is 5.92 Å². The summed E-state index contributed by atoms with van der Waals surface area (Å²) in [4.78, 5) is 12.7. The van der Waals surface area contributed by atoms with Crippen molar-refractivity contribution in [2.45, 2.75) is 96.8 Å². The van der Waals surface area contributed by atoms with Gasteiger partial charge < -0.3 is 0 Å². The third kappa shape index (κ3) is 6.56. The van der Waals surface area contributed by atoms with Crippen LogP contribution in [-0.4, -0.2) is 5.78 Å². The molecule has 0 amide bonds. The van der Waals surface area contributed by atoms with Gasteiger partial charge in [-0.15, -0.1) is 0 Å². The molecule has 0 aromatic heterocycles.